The first kappa shape index (κ1) is 11.4. The van der Waals surface area contributed by atoms with Gasteiger partial charge in [0.25, 0.3) is 0 Å². The van der Waals surface area contributed by atoms with E-state index in [-0.39, 0.29) is 0 Å². The van der Waals surface area contributed by atoms with E-state index in [4.69, 9.17) is 4.74 Å². The fourth-order valence-corrected chi connectivity index (χ4v) is 2.99. The lowest BCUT2D eigenvalue weighted by Crippen LogP contribution is -2.46. The summed E-state index contributed by atoms with van der Waals surface area (Å²) >= 11 is 0. The van der Waals surface area contributed by atoms with Crippen LogP contribution in [0.25, 0.3) is 0 Å². The molecular weight excluding hydrogens is 188 g/mol. The first-order valence-corrected chi connectivity index (χ1v) is 6.29. The topological polar surface area (TPSA) is 24.5 Å². The van der Waals surface area contributed by atoms with Gasteiger partial charge in [0.1, 0.15) is 0 Å². The van der Waals surface area contributed by atoms with Crippen LogP contribution in [-0.4, -0.2) is 51.3 Å². The van der Waals surface area contributed by atoms with Crippen LogP contribution in [0.5, 0.6) is 0 Å². The number of ether oxygens (including phenoxy) is 1. The van der Waals surface area contributed by atoms with Crippen LogP contribution < -0.4 is 5.32 Å². The van der Waals surface area contributed by atoms with Gasteiger partial charge in [-0.05, 0) is 51.2 Å². The third-order valence-corrected chi connectivity index (χ3v) is 3.86. The molecule has 2 rings (SSSR count). The zero-order valence-corrected chi connectivity index (χ0v) is 9.93. The average molecular weight is 212 g/mol. The molecule has 0 aromatic heterocycles. The first-order valence-electron chi connectivity index (χ1n) is 6.29. The van der Waals surface area contributed by atoms with Crippen molar-refractivity contribution in [2.45, 2.75) is 25.7 Å². The maximum atomic E-state index is 5.49. The Morgan fingerprint density at radius 3 is 2.47 bits per heavy atom. The largest absolute Gasteiger partial charge is 0.381 e. The van der Waals surface area contributed by atoms with Crippen molar-refractivity contribution in [3.63, 3.8) is 0 Å². The number of nitrogens with one attached hydrogen (secondary N) is 1. The minimum absolute atomic E-state index is 0.483. The van der Waals surface area contributed by atoms with Crippen LogP contribution in [-0.2, 0) is 4.74 Å². The molecule has 0 aromatic rings. The number of nitrogens with zero attached hydrogens (tertiary/aromatic N) is 1. The molecule has 0 aliphatic carbocycles. The second-order valence-electron chi connectivity index (χ2n) is 5.13. The van der Waals surface area contributed by atoms with Gasteiger partial charge in [-0.1, -0.05) is 0 Å². The molecule has 15 heavy (non-hydrogen) atoms. The Morgan fingerprint density at radius 2 is 1.87 bits per heavy atom. The van der Waals surface area contributed by atoms with E-state index in [1.54, 1.807) is 0 Å². The lowest BCUT2D eigenvalue weighted by Gasteiger charge is -2.40. The second kappa shape index (κ2) is 5.28. The highest BCUT2D eigenvalue weighted by Gasteiger charge is 2.34. The van der Waals surface area contributed by atoms with Crippen LogP contribution in [0.15, 0.2) is 0 Å². The molecule has 2 saturated heterocycles. The summed E-state index contributed by atoms with van der Waals surface area (Å²) in [6.07, 6.45) is 5.24. The maximum absolute atomic E-state index is 5.49. The van der Waals surface area contributed by atoms with Gasteiger partial charge in [0, 0.05) is 26.3 Å². The van der Waals surface area contributed by atoms with Crippen LogP contribution in [0.1, 0.15) is 25.7 Å². The summed E-state index contributed by atoms with van der Waals surface area (Å²) in [6.45, 7) is 6.95. The first-order chi connectivity index (χ1) is 7.35. The van der Waals surface area contributed by atoms with Crippen LogP contribution in [0, 0.1) is 5.41 Å². The van der Waals surface area contributed by atoms with E-state index in [9.17, 15) is 0 Å². The fourth-order valence-electron chi connectivity index (χ4n) is 2.99. The minimum atomic E-state index is 0.483. The fraction of sp³-hybridized carbons (Fsp3) is 1.00. The van der Waals surface area contributed by atoms with Gasteiger partial charge in [-0.25, -0.2) is 0 Å². The van der Waals surface area contributed by atoms with E-state index in [0.717, 1.165) is 19.8 Å². The number of hydrogen-bond acceptors (Lipinski definition) is 3. The predicted molar refractivity (Wildman–Crippen MR) is 62.1 cm³/mol. The van der Waals surface area contributed by atoms with Gasteiger partial charge < -0.3 is 15.0 Å². The summed E-state index contributed by atoms with van der Waals surface area (Å²) in [6, 6.07) is 0. The van der Waals surface area contributed by atoms with Gasteiger partial charge in [0.05, 0.1) is 0 Å². The zero-order valence-electron chi connectivity index (χ0n) is 9.93. The van der Waals surface area contributed by atoms with Gasteiger partial charge in [0.2, 0.25) is 0 Å². The molecule has 2 aliphatic rings. The SMILES string of the molecule is CNCC1(CN2CCCC2)CCOCC1. The van der Waals surface area contributed by atoms with Gasteiger partial charge in [-0.2, -0.15) is 0 Å². The van der Waals surface area contributed by atoms with Gasteiger partial charge in [-0.15, -0.1) is 0 Å². The molecule has 2 fully saturated rings. The smallest absolute Gasteiger partial charge is 0.0472 e. The van der Waals surface area contributed by atoms with E-state index in [1.807, 2.05) is 0 Å². The standard InChI is InChI=1S/C12H24N2O/c1-13-10-12(4-8-15-9-5-12)11-14-6-2-3-7-14/h13H,2-11H2,1H3. The lowest BCUT2D eigenvalue weighted by atomic mass is 9.79. The monoisotopic (exact) mass is 212 g/mol. The van der Waals surface area contributed by atoms with Gasteiger partial charge in [-0.3, -0.25) is 0 Å². The Hall–Kier alpha value is -0.120. The van der Waals surface area contributed by atoms with E-state index in [0.29, 0.717) is 5.41 Å². The van der Waals surface area contributed by atoms with Crippen LogP contribution in [0.2, 0.25) is 0 Å². The molecule has 0 bridgehead atoms. The van der Waals surface area contributed by atoms with Crippen LogP contribution in [0.3, 0.4) is 0 Å². The predicted octanol–water partition coefficient (Wildman–Crippen LogP) is 1.10. The van der Waals surface area contributed by atoms with E-state index in [2.05, 4.69) is 17.3 Å². The van der Waals surface area contributed by atoms with E-state index >= 15 is 0 Å². The van der Waals surface area contributed by atoms with Crippen molar-refractivity contribution in [3.05, 3.63) is 0 Å². The molecule has 0 amide bonds. The zero-order chi connectivity index (χ0) is 10.6. The molecule has 1 N–H and O–H groups in total. The minimum Gasteiger partial charge on any atom is -0.381 e. The molecule has 0 saturated carbocycles. The third kappa shape index (κ3) is 2.92. The lowest BCUT2D eigenvalue weighted by molar-refractivity contribution is -0.0000420. The van der Waals surface area contributed by atoms with Crippen molar-refractivity contribution in [1.29, 1.82) is 0 Å². The maximum Gasteiger partial charge on any atom is 0.0472 e. The van der Waals surface area contributed by atoms with Crippen LogP contribution in [0.4, 0.5) is 0 Å². The van der Waals surface area contributed by atoms with Crippen molar-refractivity contribution in [3.8, 4) is 0 Å². The van der Waals surface area contributed by atoms with Crippen molar-refractivity contribution in [2.24, 2.45) is 5.41 Å². The molecule has 0 radical (unpaired) electrons. The molecule has 0 aromatic carbocycles. The van der Waals surface area contributed by atoms with Gasteiger partial charge in [0.15, 0.2) is 0 Å². The quantitative estimate of drug-likeness (QED) is 0.755. The Balaban J connectivity index is 1.90. The van der Waals surface area contributed by atoms with Crippen molar-refractivity contribution < 1.29 is 4.74 Å². The van der Waals surface area contributed by atoms with E-state index < -0.39 is 0 Å². The van der Waals surface area contributed by atoms with Crippen LogP contribution >= 0.6 is 0 Å². The molecule has 0 unspecified atom stereocenters. The second-order valence-corrected chi connectivity index (χ2v) is 5.13. The summed E-state index contributed by atoms with van der Waals surface area (Å²) < 4.78 is 5.49. The Kier molecular flexibility index (Phi) is 4.00. The summed E-state index contributed by atoms with van der Waals surface area (Å²) in [5.74, 6) is 0. The number of hydrogen-bond donors (Lipinski definition) is 1. The Labute approximate surface area is 93.2 Å². The summed E-state index contributed by atoms with van der Waals surface area (Å²) in [5.41, 5.74) is 0.483. The summed E-state index contributed by atoms with van der Waals surface area (Å²) in [4.78, 5) is 2.64. The summed E-state index contributed by atoms with van der Waals surface area (Å²) in [5, 5.41) is 3.37. The third-order valence-electron chi connectivity index (χ3n) is 3.86. The highest BCUT2D eigenvalue weighted by molar-refractivity contribution is 4.87. The number of rotatable bonds is 4. The highest BCUT2D eigenvalue weighted by Crippen LogP contribution is 2.31. The molecule has 3 heteroatoms. The Morgan fingerprint density at radius 1 is 1.20 bits per heavy atom. The molecule has 3 nitrogen and oxygen atoms in total. The Bertz CT molecular complexity index is 179. The molecule has 0 atom stereocenters. The van der Waals surface area contributed by atoms with Crippen molar-refractivity contribution >= 4 is 0 Å². The molecule has 2 heterocycles. The summed E-state index contributed by atoms with van der Waals surface area (Å²) in [7, 11) is 2.07. The molecule has 0 spiro atoms. The number of likely N-dealkylation sites (tertiary alicyclic amines) is 1. The van der Waals surface area contributed by atoms with Crippen molar-refractivity contribution in [1.82, 2.24) is 10.2 Å². The highest BCUT2D eigenvalue weighted by atomic mass is 16.5. The molecular formula is C12H24N2O. The normalized spacial score (nSPS) is 27.0. The molecule has 88 valence electrons. The van der Waals surface area contributed by atoms with Crippen molar-refractivity contribution in [2.75, 3.05) is 46.4 Å². The van der Waals surface area contributed by atoms with Gasteiger partial charge >= 0.3 is 0 Å². The van der Waals surface area contributed by atoms with E-state index in [1.165, 1.54) is 45.3 Å². The average Bonchev–Trinajstić information content (AvgIpc) is 2.72. The molecule has 2 aliphatic heterocycles.